The topological polar surface area (TPSA) is 75.7 Å². The summed E-state index contributed by atoms with van der Waals surface area (Å²) in [4.78, 5) is 14.5. The van der Waals surface area contributed by atoms with Crippen LogP contribution in [0.15, 0.2) is 46.9 Å². The number of nitrogens with zero attached hydrogens (tertiary/aromatic N) is 1. The molecule has 0 aromatic heterocycles. The van der Waals surface area contributed by atoms with Crippen molar-refractivity contribution in [3.05, 3.63) is 63.9 Å². The zero-order valence-electron chi connectivity index (χ0n) is 14.2. The third kappa shape index (κ3) is 3.44. The van der Waals surface area contributed by atoms with Crippen molar-refractivity contribution < 1.29 is 21.8 Å². The van der Waals surface area contributed by atoms with Gasteiger partial charge in [-0.2, -0.15) is 8.42 Å². The van der Waals surface area contributed by atoms with Crippen LogP contribution in [0.5, 0.6) is 5.75 Å². The maximum absolute atomic E-state index is 13.8. The number of nitrogens with one attached hydrogen (secondary N) is 1. The Kier molecular flexibility index (Phi) is 5.00. The van der Waals surface area contributed by atoms with E-state index in [1.165, 1.54) is 30.3 Å². The van der Waals surface area contributed by atoms with Gasteiger partial charge in [-0.25, -0.2) is 4.39 Å². The number of hydrogen-bond donors (Lipinski definition) is 1. The summed E-state index contributed by atoms with van der Waals surface area (Å²) in [6.45, 7) is 0. The van der Waals surface area contributed by atoms with Crippen molar-refractivity contribution in [3.8, 4) is 5.75 Å². The highest BCUT2D eigenvalue weighted by Crippen LogP contribution is 2.41. The molecule has 1 N–H and O–H groups in total. The first-order valence-electron chi connectivity index (χ1n) is 7.60. The number of rotatable bonds is 4. The summed E-state index contributed by atoms with van der Waals surface area (Å²) < 4.78 is 41.8. The van der Waals surface area contributed by atoms with Crippen molar-refractivity contribution in [2.75, 3.05) is 13.3 Å². The van der Waals surface area contributed by atoms with Crippen LogP contribution in [0.4, 0.5) is 4.39 Å². The van der Waals surface area contributed by atoms with E-state index < -0.39 is 27.4 Å². The number of amides is 1. The molecule has 1 amide bonds. The van der Waals surface area contributed by atoms with Crippen LogP contribution in [0, 0.1) is 5.82 Å². The summed E-state index contributed by atoms with van der Waals surface area (Å²) in [5, 5.41) is 2.80. The van der Waals surface area contributed by atoms with E-state index in [0.717, 1.165) is 6.26 Å². The fraction of sp³-hybridized carbons (Fsp3) is 0.176. The second kappa shape index (κ2) is 6.84. The second-order valence-electron chi connectivity index (χ2n) is 5.97. The zero-order chi connectivity index (χ0) is 20.0. The Hall–Kier alpha value is -2.04. The molecule has 1 heterocycles. The molecule has 6 nitrogen and oxygen atoms in total. The summed E-state index contributed by atoms with van der Waals surface area (Å²) in [5.41, 5.74) is -0.543. The Balaban J connectivity index is 2.26. The second-order valence-corrected chi connectivity index (χ2v) is 8.79. The lowest BCUT2D eigenvalue weighted by molar-refractivity contribution is -0.124. The molecule has 1 aliphatic rings. The molecule has 27 heavy (non-hydrogen) atoms. The smallest absolute Gasteiger partial charge is 0.306 e. The molecular formula is C17H14BrFN2O4S2. The molecule has 0 radical (unpaired) electrons. The quantitative estimate of drug-likeness (QED) is 0.544. The summed E-state index contributed by atoms with van der Waals surface area (Å²) in [7, 11) is -2.12. The van der Waals surface area contributed by atoms with Crippen molar-refractivity contribution in [2.24, 2.45) is 0 Å². The zero-order valence-corrected chi connectivity index (χ0v) is 17.4. The molecule has 2 aromatic carbocycles. The van der Waals surface area contributed by atoms with Crippen LogP contribution in [-0.4, -0.2) is 37.6 Å². The molecule has 0 bridgehead atoms. The molecule has 1 aliphatic heterocycles. The SMILES string of the molecule is CN1C(=S)NC(=O)C1(c1cccc(OS(C)(=O)=O)c1)c1ccc(F)c(Br)c1. The van der Waals surface area contributed by atoms with Crippen molar-refractivity contribution >= 4 is 49.3 Å². The van der Waals surface area contributed by atoms with E-state index >= 15 is 0 Å². The van der Waals surface area contributed by atoms with Gasteiger partial charge in [-0.3, -0.25) is 4.79 Å². The molecule has 1 atom stereocenters. The predicted octanol–water partition coefficient (Wildman–Crippen LogP) is 2.52. The van der Waals surface area contributed by atoms with Gasteiger partial charge >= 0.3 is 10.1 Å². The number of benzene rings is 2. The Bertz CT molecular complexity index is 1060. The van der Waals surface area contributed by atoms with Gasteiger partial charge in [0.15, 0.2) is 10.7 Å². The Labute approximate surface area is 169 Å². The molecule has 3 rings (SSSR count). The third-order valence-corrected chi connectivity index (χ3v) is 5.67. The van der Waals surface area contributed by atoms with Crippen LogP contribution in [-0.2, 0) is 20.5 Å². The normalized spacial score (nSPS) is 19.9. The fourth-order valence-electron chi connectivity index (χ4n) is 3.06. The molecule has 10 heteroatoms. The van der Waals surface area contributed by atoms with Crippen molar-refractivity contribution in [1.29, 1.82) is 0 Å². The maximum Gasteiger partial charge on any atom is 0.306 e. The Morgan fingerprint density at radius 2 is 1.89 bits per heavy atom. The van der Waals surface area contributed by atoms with Gasteiger partial charge in [-0.15, -0.1) is 0 Å². The first-order chi connectivity index (χ1) is 12.6. The van der Waals surface area contributed by atoms with Gasteiger partial charge < -0.3 is 14.4 Å². The molecule has 0 saturated carbocycles. The molecule has 1 fully saturated rings. The lowest BCUT2D eigenvalue weighted by atomic mass is 9.81. The van der Waals surface area contributed by atoms with E-state index in [1.807, 2.05) is 0 Å². The van der Waals surface area contributed by atoms with Crippen LogP contribution >= 0.6 is 28.1 Å². The number of likely N-dealkylation sites (N-methyl/N-ethyl adjacent to an activating group) is 1. The minimum atomic E-state index is -3.75. The first kappa shape index (κ1) is 19.7. The molecule has 142 valence electrons. The summed E-state index contributed by atoms with van der Waals surface area (Å²) >= 11 is 8.36. The fourth-order valence-corrected chi connectivity index (χ4v) is 4.12. The summed E-state index contributed by atoms with van der Waals surface area (Å²) in [6.07, 6.45) is 0.927. The Morgan fingerprint density at radius 1 is 1.22 bits per heavy atom. The molecule has 1 saturated heterocycles. The van der Waals surface area contributed by atoms with E-state index in [4.69, 9.17) is 16.4 Å². The predicted molar refractivity (Wildman–Crippen MR) is 105 cm³/mol. The van der Waals surface area contributed by atoms with Gasteiger partial charge in [0.2, 0.25) is 0 Å². The average Bonchev–Trinajstić information content (AvgIpc) is 2.79. The maximum atomic E-state index is 13.8. The van der Waals surface area contributed by atoms with Crippen LogP contribution < -0.4 is 9.50 Å². The minimum Gasteiger partial charge on any atom is -0.383 e. The Morgan fingerprint density at radius 3 is 2.44 bits per heavy atom. The van der Waals surface area contributed by atoms with Crippen LogP contribution in [0.25, 0.3) is 0 Å². The van der Waals surface area contributed by atoms with Gasteiger partial charge in [-0.1, -0.05) is 18.2 Å². The highest BCUT2D eigenvalue weighted by Gasteiger charge is 2.52. The average molecular weight is 473 g/mol. The van der Waals surface area contributed by atoms with Gasteiger partial charge in [-0.05, 0) is 63.5 Å². The third-order valence-electron chi connectivity index (χ3n) is 4.19. The lowest BCUT2D eigenvalue weighted by Crippen LogP contribution is -2.46. The number of halogens is 2. The van der Waals surface area contributed by atoms with Gasteiger partial charge in [0, 0.05) is 7.05 Å². The van der Waals surface area contributed by atoms with Crippen molar-refractivity contribution in [3.63, 3.8) is 0 Å². The van der Waals surface area contributed by atoms with E-state index in [-0.39, 0.29) is 15.3 Å². The van der Waals surface area contributed by atoms with Gasteiger partial charge in [0.25, 0.3) is 5.91 Å². The van der Waals surface area contributed by atoms with Crippen LogP contribution in [0.2, 0.25) is 0 Å². The van der Waals surface area contributed by atoms with E-state index in [2.05, 4.69) is 21.2 Å². The monoisotopic (exact) mass is 472 g/mol. The van der Waals surface area contributed by atoms with Crippen molar-refractivity contribution in [2.45, 2.75) is 5.54 Å². The van der Waals surface area contributed by atoms with Crippen molar-refractivity contribution in [1.82, 2.24) is 10.2 Å². The van der Waals surface area contributed by atoms with E-state index in [1.54, 1.807) is 24.1 Å². The molecule has 0 aliphatic carbocycles. The van der Waals surface area contributed by atoms with Crippen LogP contribution in [0.3, 0.4) is 0 Å². The number of carbonyl (C=O) groups excluding carboxylic acids is 1. The van der Waals surface area contributed by atoms with Gasteiger partial charge in [0.05, 0.1) is 10.7 Å². The van der Waals surface area contributed by atoms with E-state index in [0.29, 0.717) is 11.1 Å². The minimum absolute atomic E-state index is 0.0505. The highest BCUT2D eigenvalue weighted by atomic mass is 79.9. The molecule has 1 unspecified atom stereocenters. The number of carbonyl (C=O) groups is 1. The summed E-state index contributed by atoms with van der Waals surface area (Å²) in [5.74, 6) is -0.869. The standard InChI is InChI=1S/C17H14BrFN2O4S2/c1-21-16(26)20-15(22)17(21,11-6-7-14(19)13(18)9-11)10-4-3-5-12(8-10)25-27(2,23)24/h3-9H,1-2H3,(H,20,22,26). The van der Waals surface area contributed by atoms with E-state index in [9.17, 15) is 17.6 Å². The first-order valence-corrected chi connectivity index (χ1v) is 10.6. The molecule has 2 aromatic rings. The number of hydrogen-bond acceptors (Lipinski definition) is 5. The lowest BCUT2D eigenvalue weighted by Gasteiger charge is -2.35. The molecular weight excluding hydrogens is 459 g/mol. The highest BCUT2D eigenvalue weighted by molar-refractivity contribution is 9.10. The summed E-state index contributed by atoms with van der Waals surface area (Å²) in [6, 6.07) is 10.3. The van der Waals surface area contributed by atoms with Crippen LogP contribution in [0.1, 0.15) is 11.1 Å². The number of thiocarbonyl (C=S) groups is 1. The largest absolute Gasteiger partial charge is 0.383 e. The molecule has 0 spiro atoms. The van der Waals surface area contributed by atoms with Gasteiger partial charge in [0.1, 0.15) is 11.6 Å².